The van der Waals surface area contributed by atoms with Crippen molar-refractivity contribution in [1.82, 2.24) is 4.98 Å². The molecular formula is C32H29N3O. The van der Waals surface area contributed by atoms with Gasteiger partial charge in [0.25, 0.3) is 0 Å². The quantitative estimate of drug-likeness (QED) is 0.303. The predicted octanol–water partition coefficient (Wildman–Crippen LogP) is 7.56. The van der Waals surface area contributed by atoms with Crippen LogP contribution in [0.5, 0.6) is 0 Å². The SMILES string of the molecule is C=CC1=NC2CC(=C)N=C(C=C)c3c(cc(C)c4c3oc3ccc(C)nc34)CCC2c2ccccc21. The first-order valence-electron chi connectivity index (χ1n) is 12.5. The minimum atomic E-state index is 0.0694. The molecule has 0 spiro atoms. The van der Waals surface area contributed by atoms with Crippen molar-refractivity contribution in [3.05, 3.63) is 114 Å². The van der Waals surface area contributed by atoms with Crippen LogP contribution in [0.25, 0.3) is 22.1 Å². The van der Waals surface area contributed by atoms with Gasteiger partial charge in [-0.2, -0.15) is 0 Å². The lowest BCUT2D eigenvalue weighted by molar-refractivity contribution is 0.490. The van der Waals surface area contributed by atoms with Gasteiger partial charge in [-0.3, -0.25) is 9.98 Å². The van der Waals surface area contributed by atoms with Crippen molar-refractivity contribution in [2.45, 2.75) is 45.1 Å². The summed E-state index contributed by atoms with van der Waals surface area (Å²) >= 11 is 0. The highest BCUT2D eigenvalue weighted by Gasteiger charge is 2.32. The molecule has 2 unspecified atom stereocenters. The molecule has 0 N–H and O–H groups in total. The molecular weight excluding hydrogens is 442 g/mol. The number of nitrogens with zero attached hydrogens (tertiary/aromatic N) is 3. The molecule has 4 heteroatoms. The average Bonchev–Trinajstić information content (AvgIpc) is 3.25. The van der Waals surface area contributed by atoms with E-state index in [0.29, 0.717) is 6.42 Å². The van der Waals surface area contributed by atoms with Crippen molar-refractivity contribution in [2.75, 3.05) is 0 Å². The zero-order valence-electron chi connectivity index (χ0n) is 20.8. The van der Waals surface area contributed by atoms with Crippen molar-refractivity contribution in [2.24, 2.45) is 9.98 Å². The fraction of sp³-hybridized carbons (Fsp3) is 0.219. The highest BCUT2D eigenvalue weighted by Crippen LogP contribution is 2.41. The number of aryl methyl sites for hydroxylation is 3. The zero-order chi connectivity index (χ0) is 25.0. The van der Waals surface area contributed by atoms with Gasteiger partial charge in [0.05, 0.1) is 22.9 Å². The standard InChI is InChI=1S/C32H29N3O/c1-6-25-23-11-9-8-10-22(23)24-14-13-21-16-18(3)29-31-28(15-12-19(4)34-31)36-32(29)30(21)26(7-2)33-20(5)17-27(24)35-25/h6-12,15-16,24,27H,1-2,5,13-14,17H2,3-4H3. The third-order valence-corrected chi connectivity index (χ3v) is 7.50. The summed E-state index contributed by atoms with van der Waals surface area (Å²) in [5.41, 5.74) is 11.9. The molecule has 0 fully saturated rings. The minimum absolute atomic E-state index is 0.0694. The molecule has 0 radical (unpaired) electrons. The molecule has 2 aliphatic rings. The van der Waals surface area contributed by atoms with Crippen molar-refractivity contribution in [3.8, 4) is 0 Å². The Morgan fingerprint density at radius 2 is 1.83 bits per heavy atom. The maximum absolute atomic E-state index is 6.46. The number of allylic oxidation sites excluding steroid dienone is 2. The van der Waals surface area contributed by atoms with Crippen molar-refractivity contribution >= 4 is 33.5 Å². The Balaban J connectivity index is 1.58. The summed E-state index contributed by atoms with van der Waals surface area (Å²) in [5, 5.41) is 1.05. The van der Waals surface area contributed by atoms with Gasteiger partial charge in [0.15, 0.2) is 5.58 Å². The van der Waals surface area contributed by atoms with Gasteiger partial charge >= 0.3 is 0 Å². The first-order valence-corrected chi connectivity index (χ1v) is 12.5. The largest absolute Gasteiger partial charge is 0.454 e. The van der Waals surface area contributed by atoms with Gasteiger partial charge in [0.2, 0.25) is 0 Å². The number of hydrogen-bond acceptors (Lipinski definition) is 4. The van der Waals surface area contributed by atoms with Crippen LogP contribution >= 0.6 is 0 Å². The number of rotatable bonds is 2. The summed E-state index contributed by atoms with van der Waals surface area (Å²) in [7, 11) is 0. The third kappa shape index (κ3) is 3.48. The van der Waals surface area contributed by atoms with Gasteiger partial charge in [0.1, 0.15) is 11.1 Å². The number of furan rings is 1. The van der Waals surface area contributed by atoms with E-state index in [1.807, 2.05) is 31.2 Å². The molecule has 0 saturated carbocycles. The van der Waals surface area contributed by atoms with Gasteiger partial charge in [-0.15, -0.1) is 0 Å². The zero-order valence-corrected chi connectivity index (χ0v) is 20.8. The van der Waals surface area contributed by atoms with E-state index >= 15 is 0 Å². The lowest BCUT2D eigenvalue weighted by Gasteiger charge is -2.32. The molecule has 2 atom stereocenters. The molecule has 4 heterocycles. The molecule has 2 aliphatic heterocycles. The van der Waals surface area contributed by atoms with Crippen LogP contribution in [0, 0.1) is 13.8 Å². The molecule has 178 valence electrons. The Morgan fingerprint density at radius 1 is 1.03 bits per heavy atom. The van der Waals surface area contributed by atoms with E-state index in [1.165, 1.54) is 16.7 Å². The van der Waals surface area contributed by atoms with Crippen molar-refractivity contribution in [1.29, 1.82) is 0 Å². The minimum Gasteiger partial charge on any atom is -0.454 e. The molecule has 0 bridgehead atoms. The number of aromatic nitrogens is 1. The van der Waals surface area contributed by atoms with Crippen LogP contribution in [0.3, 0.4) is 0 Å². The first-order chi connectivity index (χ1) is 17.5. The molecule has 36 heavy (non-hydrogen) atoms. The van der Waals surface area contributed by atoms with Gasteiger partial charge in [0, 0.05) is 34.9 Å². The summed E-state index contributed by atoms with van der Waals surface area (Å²) in [6.45, 7) is 16.6. The average molecular weight is 472 g/mol. The van der Waals surface area contributed by atoms with Crippen molar-refractivity contribution in [3.63, 3.8) is 0 Å². The third-order valence-electron chi connectivity index (χ3n) is 7.50. The second-order valence-corrected chi connectivity index (χ2v) is 9.82. The Kier molecular flexibility index (Phi) is 5.33. The summed E-state index contributed by atoms with van der Waals surface area (Å²) < 4.78 is 6.46. The van der Waals surface area contributed by atoms with E-state index in [0.717, 1.165) is 68.9 Å². The number of pyridine rings is 1. The van der Waals surface area contributed by atoms with Gasteiger partial charge in [-0.05, 0) is 67.7 Å². The van der Waals surface area contributed by atoms with Gasteiger partial charge in [-0.1, -0.05) is 50.1 Å². The van der Waals surface area contributed by atoms with Crippen LogP contribution in [-0.4, -0.2) is 22.4 Å². The number of benzene rings is 2. The van der Waals surface area contributed by atoms with E-state index in [1.54, 1.807) is 0 Å². The van der Waals surface area contributed by atoms with Crippen LogP contribution in [0.15, 0.2) is 94.5 Å². The molecule has 0 saturated heterocycles. The first kappa shape index (κ1) is 22.4. The van der Waals surface area contributed by atoms with Crippen LogP contribution in [0.2, 0.25) is 0 Å². The second kappa shape index (κ2) is 8.56. The lowest BCUT2D eigenvalue weighted by atomic mass is 9.78. The van der Waals surface area contributed by atoms with Crippen LogP contribution < -0.4 is 0 Å². The second-order valence-electron chi connectivity index (χ2n) is 9.82. The predicted molar refractivity (Wildman–Crippen MR) is 150 cm³/mol. The normalized spacial score (nSPS) is 19.7. The van der Waals surface area contributed by atoms with Crippen LogP contribution in [0.4, 0.5) is 0 Å². The van der Waals surface area contributed by atoms with Gasteiger partial charge < -0.3 is 4.42 Å². The van der Waals surface area contributed by atoms with Crippen LogP contribution in [-0.2, 0) is 6.42 Å². The maximum atomic E-state index is 6.46. The fourth-order valence-electron chi connectivity index (χ4n) is 5.91. The molecule has 6 rings (SSSR count). The molecule has 4 nitrogen and oxygen atoms in total. The molecule has 0 amide bonds. The molecule has 0 aliphatic carbocycles. The lowest BCUT2D eigenvalue weighted by Crippen LogP contribution is -2.27. The summed E-state index contributed by atoms with van der Waals surface area (Å²) in [6, 6.07) is 14.9. The summed E-state index contributed by atoms with van der Waals surface area (Å²) in [4.78, 5) is 14.9. The van der Waals surface area contributed by atoms with E-state index in [4.69, 9.17) is 19.4 Å². The summed E-state index contributed by atoms with van der Waals surface area (Å²) in [5.74, 6) is 0.269. The van der Waals surface area contributed by atoms with Crippen molar-refractivity contribution < 1.29 is 4.42 Å². The van der Waals surface area contributed by atoms with E-state index in [-0.39, 0.29) is 12.0 Å². The van der Waals surface area contributed by atoms with Gasteiger partial charge in [-0.25, -0.2) is 4.98 Å². The Morgan fingerprint density at radius 3 is 2.64 bits per heavy atom. The maximum Gasteiger partial charge on any atom is 0.153 e. The van der Waals surface area contributed by atoms with Crippen LogP contribution in [0.1, 0.15) is 52.3 Å². The Hall–Kier alpha value is -4.05. The highest BCUT2D eigenvalue weighted by atomic mass is 16.3. The monoisotopic (exact) mass is 471 g/mol. The Labute approximate surface area is 211 Å². The smallest absolute Gasteiger partial charge is 0.153 e. The Bertz CT molecular complexity index is 1650. The van der Waals surface area contributed by atoms with E-state index < -0.39 is 0 Å². The topological polar surface area (TPSA) is 50.8 Å². The fourth-order valence-corrected chi connectivity index (χ4v) is 5.91. The van der Waals surface area contributed by atoms with E-state index in [9.17, 15) is 0 Å². The molecule has 2 aromatic carbocycles. The van der Waals surface area contributed by atoms with E-state index in [2.05, 4.69) is 57.0 Å². The molecule has 2 aromatic heterocycles. The highest BCUT2D eigenvalue weighted by molar-refractivity contribution is 6.20. The summed E-state index contributed by atoms with van der Waals surface area (Å²) in [6.07, 6.45) is 6.20. The number of aliphatic imine (C=N–C) groups is 2. The number of hydrogen-bond donors (Lipinski definition) is 0. The molecule has 4 aromatic rings. The number of fused-ring (bicyclic) bond motifs is 8.